The summed E-state index contributed by atoms with van der Waals surface area (Å²) >= 11 is 0. The van der Waals surface area contributed by atoms with Gasteiger partial charge in [-0.05, 0) is 31.2 Å². The van der Waals surface area contributed by atoms with Crippen LogP contribution in [0.25, 0.3) is 0 Å². The van der Waals surface area contributed by atoms with Crippen LogP contribution in [0.1, 0.15) is 32.6 Å². The maximum Gasteiger partial charge on any atom is 0.0587 e. The van der Waals surface area contributed by atoms with E-state index in [2.05, 4.69) is 29.1 Å². The molecule has 0 unspecified atom stereocenters. The van der Waals surface area contributed by atoms with E-state index in [0.717, 1.165) is 25.6 Å². The third-order valence-electron chi connectivity index (χ3n) is 5.47. The van der Waals surface area contributed by atoms with Crippen LogP contribution in [0.15, 0.2) is 0 Å². The van der Waals surface area contributed by atoms with E-state index in [4.69, 9.17) is 4.74 Å². The van der Waals surface area contributed by atoms with E-state index in [0.29, 0.717) is 5.41 Å². The van der Waals surface area contributed by atoms with Gasteiger partial charge >= 0.3 is 0 Å². The smallest absolute Gasteiger partial charge is 0.0587 e. The lowest BCUT2D eigenvalue weighted by Crippen LogP contribution is -2.52. The minimum absolute atomic E-state index is 0.496. The molecular weight excluding hydrogens is 262 g/mol. The number of nitrogens with zero attached hydrogens (tertiary/aromatic N) is 2. The zero-order valence-electron chi connectivity index (χ0n) is 14.4. The molecule has 1 heterocycles. The van der Waals surface area contributed by atoms with Crippen LogP contribution in [-0.4, -0.2) is 76.4 Å². The Morgan fingerprint density at radius 3 is 2.43 bits per heavy atom. The summed E-state index contributed by atoms with van der Waals surface area (Å²) in [6.45, 7) is 11.6. The van der Waals surface area contributed by atoms with Gasteiger partial charge in [-0.3, -0.25) is 0 Å². The molecule has 4 heteroatoms. The molecule has 2 fully saturated rings. The first-order chi connectivity index (χ1) is 10.1. The Labute approximate surface area is 131 Å². The summed E-state index contributed by atoms with van der Waals surface area (Å²) in [4.78, 5) is 5.15. The van der Waals surface area contributed by atoms with Crippen molar-refractivity contribution in [2.75, 3.05) is 66.6 Å². The fraction of sp³-hybridized carbons (Fsp3) is 1.00. The SMILES string of the molecule is COCCNCC1(CN2CCN(C)CC2)CCC(C)CC1. The highest BCUT2D eigenvalue weighted by atomic mass is 16.5. The quantitative estimate of drug-likeness (QED) is 0.724. The lowest BCUT2D eigenvalue weighted by Gasteiger charge is -2.45. The number of methoxy groups -OCH3 is 1. The standard InChI is InChI=1S/C17H35N3O/c1-16-4-6-17(7-5-16,14-18-8-13-21-3)15-20-11-9-19(2)10-12-20/h16,18H,4-15H2,1-3H3. The Kier molecular flexibility index (Phi) is 6.93. The van der Waals surface area contributed by atoms with Crippen molar-refractivity contribution in [3.8, 4) is 0 Å². The van der Waals surface area contributed by atoms with Crippen molar-refractivity contribution in [1.82, 2.24) is 15.1 Å². The van der Waals surface area contributed by atoms with Crippen molar-refractivity contribution in [2.24, 2.45) is 11.3 Å². The summed E-state index contributed by atoms with van der Waals surface area (Å²) in [7, 11) is 4.02. The van der Waals surface area contributed by atoms with E-state index in [1.165, 1.54) is 58.4 Å². The summed E-state index contributed by atoms with van der Waals surface area (Å²) in [6, 6.07) is 0. The molecule has 1 N–H and O–H groups in total. The summed E-state index contributed by atoms with van der Waals surface area (Å²) in [5, 5.41) is 3.65. The molecule has 0 radical (unpaired) electrons. The van der Waals surface area contributed by atoms with Crippen LogP contribution >= 0.6 is 0 Å². The monoisotopic (exact) mass is 297 g/mol. The maximum atomic E-state index is 5.16. The van der Waals surface area contributed by atoms with E-state index in [9.17, 15) is 0 Å². The van der Waals surface area contributed by atoms with E-state index < -0.39 is 0 Å². The van der Waals surface area contributed by atoms with Gasteiger partial charge in [-0.1, -0.05) is 19.8 Å². The van der Waals surface area contributed by atoms with Crippen LogP contribution in [0.5, 0.6) is 0 Å². The van der Waals surface area contributed by atoms with Crippen LogP contribution in [0.3, 0.4) is 0 Å². The van der Waals surface area contributed by atoms with Gasteiger partial charge < -0.3 is 19.9 Å². The molecule has 21 heavy (non-hydrogen) atoms. The molecule has 0 amide bonds. The normalized spacial score (nSPS) is 32.4. The van der Waals surface area contributed by atoms with Gasteiger partial charge in [-0.15, -0.1) is 0 Å². The predicted octanol–water partition coefficient (Wildman–Crippen LogP) is 1.67. The third-order valence-corrected chi connectivity index (χ3v) is 5.47. The summed E-state index contributed by atoms with van der Waals surface area (Å²) < 4.78 is 5.16. The van der Waals surface area contributed by atoms with Crippen molar-refractivity contribution in [1.29, 1.82) is 0 Å². The van der Waals surface area contributed by atoms with Crippen molar-refractivity contribution in [3.63, 3.8) is 0 Å². The Balaban J connectivity index is 1.85. The van der Waals surface area contributed by atoms with E-state index >= 15 is 0 Å². The lowest BCUT2D eigenvalue weighted by molar-refractivity contribution is 0.0581. The summed E-state index contributed by atoms with van der Waals surface area (Å²) in [5.74, 6) is 0.921. The Bertz CT molecular complexity index is 282. The number of hydrogen-bond acceptors (Lipinski definition) is 4. The molecule has 0 atom stereocenters. The Hall–Kier alpha value is -0.160. The molecule has 0 aromatic carbocycles. The lowest BCUT2D eigenvalue weighted by atomic mass is 9.70. The average molecular weight is 297 g/mol. The first-order valence-electron chi connectivity index (χ1n) is 8.74. The van der Waals surface area contributed by atoms with Crippen molar-refractivity contribution in [2.45, 2.75) is 32.6 Å². The van der Waals surface area contributed by atoms with Crippen molar-refractivity contribution in [3.05, 3.63) is 0 Å². The summed E-state index contributed by atoms with van der Waals surface area (Å²) in [6.07, 6.45) is 5.58. The van der Waals surface area contributed by atoms with Gasteiger partial charge in [0.25, 0.3) is 0 Å². The fourth-order valence-electron chi connectivity index (χ4n) is 3.77. The van der Waals surface area contributed by atoms with Gasteiger partial charge in [0.1, 0.15) is 0 Å². The van der Waals surface area contributed by atoms with Gasteiger partial charge in [-0.2, -0.15) is 0 Å². The van der Waals surface area contributed by atoms with E-state index in [1.807, 2.05) is 0 Å². The van der Waals surface area contributed by atoms with Crippen molar-refractivity contribution >= 4 is 0 Å². The molecule has 4 nitrogen and oxygen atoms in total. The van der Waals surface area contributed by atoms with Crippen LogP contribution < -0.4 is 5.32 Å². The predicted molar refractivity (Wildman–Crippen MR) is 88.7 cm³/mol. The molecule has 1 saturated heterocycles. The highest BCUT2D eigenvalue weighted by molar-refractivity contribution is 4.90. The molecule has 1 saturated carbocycles. The molecule has 0 bridgehead atoms. The van der Waals surface area contributed by atoms with Crippen LogP contribution in [-0.2, 0) is 4.74 Å². The van der Waals surface area contributed by atoms with Crippen LogP contribution in [0.4, 0.5) is 0 Å². The highest BCUT2D eigenvalue weighted by Crippen LogP contribution is 2.39. The van der Waals surface area contributed by atoms with E-state index in [-0.39, 0.29) is 0 Å². The van der Waals surface area contributed by atoms with Gasteiger partial charge in [-0.25, -0.2) is 0 Å². The van der Waals surface area contributed by atoms with Gasteiger partial charge in [0.2, 0.25) is 0 Å². The topological polar surface area (TPSA) is 27.7 Å². The molecule has 0 aromatic heterocycles. The fourth-order valence-corrected chi connectivity index (χ4v) is 3.77. The molecule has 1 aliphatic carbocycles. The second-order valence-electron chi connectivity index (χ2n) is 7.43. The molecule has 2 aliphatic rings. The minimum atomic E-state index is 0.496. The number of nitrogens with one attached hydrogen (secondary N) is 1. The molecule has 1 aliphatic heterocycles. The largest absolute Gasteiger partial charge is 0.383 e. The van der Waals surface area contributed by atoms with Gasteiger partial charge in [0, 0.05) is 52.9 Å². The number of likely N-dealkylation sites (N-methyl/N-ethyl adjacent to an activating group) is 1. The molecule has 2 rings (SSSR count). The zero-order valence-corrected chi connectivity index (χ0v) is 14.4. The van der Waals surface area contributed by atoms with Crippen LogP contribution in [0, 0.1) is 11.3 Å². The molecule has 124 valence electrons. The first kappa shape index (κ1) is 17.2. The second kappa shape index (κ2) is 8.47. The second-order valence-corrected chi connectivity index (χ2v) is 7.43. The number of hydrogen-bond donors (Lipinski definition) is 1. The van der Waals surface area contributed by atoms with E-state index in [1.54, 1.807) is 7.11 Å². The highest BCUT2D eigenvalue weighted by Gasteiger charge is 2.35. The third kappa shape index (κ3) is 5.51. The van der Waals surface area contributed by atoms with Crippen molar-refractivity contribution < 1.29 is 4.74 Å². The number of rotatable bonds is 7. The molecule has 0 aromatic rings. The zero-order chi connectivity index (χ0) is 15.1. The Morgan fingerprint density at radius 2 is 1.81 bits per heavy atom. The summed E-state index contributed by atoms with van der Waals surface area (Å²) in [5.41, 5.74) is 0.496. The molecular formula is C17H35N3O. The average Bonchev–Trinajstić information content (AvgIpc) is 2.49. The first-order valence-corrected chi connectivity index (χ1v) is 8.74. The minimum Gasteiger partial charge on any atom is -0.383 e. The number of piperazine rings is 1. The van der Waals surface area contributed by atoms with Gasteiger partial charge in [0.05, 0.1) is 6.61 Å². The number of ether oxygens (including phenoxy) is 1. The maximum absolute atomic E-state index is 5.16. The van der Waals surface area contributed by atoms with Crippen LogP contribution in [0.2, 0.25) is 0 Å². The molecule has 0 spiro atoms. The Morgan fingerprint density at radius 1 is 1.14 bits per heavy atom. The van der Waals surface area contributed by atoms with Gasteiger partial charge in [0.15, 0.2) is 0 Å².